The Bertz CT molecular complexity index is 954. The molecule has 2 heterocycles. The molecule has 2 N–H and O–H groups in total. The predicted molar refractivity (Wildman–Crippen MR) is 132 cm³/mol. The summed E-state index contributed by atoms with van der Waals surface area (Å²) >= 11 is 0. The van der Waals surface area contributed by atoms with E-state index < -0.39 is 32.1 Å². The minimum absolute atomic E-state index is 0.0384. The van der Waals surface area contributed by atoms with Gasteiger partial charge in [0.25, 0.3) is 0 Å². The lowest BCUT2D eigenvalue weighted by atomic mass is 10.2. The van der Waals surface area contributed by atoms with E-state index in [2.05, 4.69) is 33.9 Å². The number of nitrogens with zero attached hydrogens (tertiary/aromatic N) is 3. The van der Waals surface area contributed by atoms with Crippen LogP contribution in [0, 0.1) is 0 Å². The molecule has 1 aliphatic heterocycles. The lowest BCUT2D eigenvalue weighted by molar-refractivity contribution is 0.0193. The van der Waals surface area contributed by atoms with E-state index in [0.717, 1.165) is 0 Å². The van der Waals surface area contributed by atoms with Crippen LogP contribution in [0.15, 0.2) is 4.79 Å². The van der Waals surface area contributed by atoms with Crippen molar-refractivity contribution in [3.05, 3.63) is 21.9 Å². The van der Waals surface area contributed by atoms with Crippen molar-refractivity contribution in [2.24, 2.45) is 5.73 Å². The summed E-state index contributed by atoms with van der Waals surface area (Å²) in [5, 5.41) is -0.0384. The van der Waals surface area contributed by atoms with E-state index in [1.54, 1.807) is 27.7 Å². The zero-order valence-electron chi connectivity index (χ0n) is 22.2. The average Bonchev–Trinajstić information content (AvgIpc) is 2.96. The fourth-order valence-corrected chi connectivity index (χ4v) is 4.91. The van der Waals surface area contributed by atoms with Crippen molar-refractivity contribution in [2.75, 3.05) is 19.7 Å². The van der Waals surface area contributed by atoms with Gasteiger partial charge in [-0.3, -0.25) is 9.13 Å². The molecule has 194 valence electrons. The largest absolute Gasteiger partial charge is 0.461 e. The van der Waals surface area contributed by atoms with Gasteiger partial charge in [0.2, 0.25) is 0 Å². The maximum absolute atomic E-state index is 13.4. The number of rotatable bonds is 7. The number of amides is 1. The Morgan fingerprint density at radius 2 is 1.74 bits per heavy atom. The van der Waals surface area contributed by atoms with Crippen molar-refractivity contribution in [3.8, 4) is 0 Å². The molecule has 1 amide bonds. The first kappa shape index (κ1) is 28.1. The lowest BCUT2D eigenvalue weighted by Crippen LogP contribution is -2.48. The molecule has 10 nitrogen and oxygen atoms in total. The molecule has 0 aromatic carbocycles. The number of fused-ring (bicyclic) bond motifs is 1. The molecule has 1 aliphatic rings. The highest BCUT2D eigenvalue weighted by atomic mass is 28.4. The molecule has 0 spiro atoms. The van der Waals surface area contributed by atoms with E-state index in [1.807, 2.05) is 0 Å². The molecule has 0 saturated carbocycles. The Balaban J connectivity index is 2.45. The highest BCUT2D eigenvalue weighted by Gasteiger charge is 2.40. The summed E-state index contributed by atoms with van der Waals surface area (Å²) in [4.78, 5) is 40.5. The molecule has 1 unspecified atom stereocenters. The fourth-order valence-electron chi connectivity index (χ4n) is 3.55. The van der Waals surface area contributed by atoms with Crippen LogP contribution in [-0.2, 0) is 33.5 Å². The van der Waals surface area contributed by atoms with Crippen molar-refractivity contribution in [3.63, 3.8) is 0 Å². The second-order valence-electron chi connectivity index (χ2n) is 11.2. The van der Waals surface area contributed by atoms with Gasteiger partial charge in [-0.15, -0.1) is 0 Å². The van der Waals surface area contributed by atoms with Crippen LogP contribution in [0.4, 0.5) is 4.79 Å². The number of ether oxygens (including phenoxy) is 2. The number of carbonyl (C=O) groups excluding carboxylic acids is 2. The summed E-state index contributed by atoms with van der Waals surface area (Å²) in [7, 11) is -2.17. The van der Waals surface area contributed by atoms with Gasteiger partial charge in [0.15, 0.2) is 14.0 Å². The lowest BCUT2D eigenvalue weighted by Gasteiger charge is -2.39. The third-order valence-corrected chi connectivity index (χ3v) is 10.8. The Morgan fingerprint density at radius 3 is 2.24 bits per heavy atom. The summed E-state index contributed by atoms with van der Waals surface area (Å²) in [5.74, 6) is -0.609. The molecule has 0 fully saturated rings. The maximum Gasteiger partial charge on any atom is 0.410 e. The first-order valence-corrected chi connectivity index (χ1v) is 14.8. The molecule has 11 heteroatoms. The number of esters is 1. The van der Waals surface area contributed by atoms with E-state index in [0.29, 0.717) is 12.2 Å². The normalized spacial score (nSPS) is 15.6. The molecular weight excluding hydrogens is 456 g/mol. The van der Waals surface area contributed by atoms with Crippen molar-refractivity contribution < 1.29 is 23.5 Å². The molecule has 1 aromatic rings. The molecule has 1 aromatic heterocycles. The summed E-state index contributed by atoms with van der Waals surface area (Å²) < 4.78 is 20.2. The van der Waals surface area contributed by atoms with E-state index in [-0.39, 0.29) is 49.2 Å². The topological polar surface area (TPSA) is 118 Å². The van der Waals surface area contributed by atoms with Gasteiger partial charge in [0.1, 0.15) is 5.60 Å². The van der Waals surface area contributed by atoms with Crippen LogP contribution in [-0.4, -0.2) is 65.8 Å². The van der Waals surface area contributed by atoms with Crippen molar-refractivity contribution in [2.45, 2.75) is 97.9 Å². The predicted octanol–water partition coefficient (Wildman–Crippen LogP) is 2.93. The van der Waals surface area contributed by atoms with E-state index >= 15 is 0 Å². The van der Waals surface area contributed by atoms with Crippen molar-refractivity contribution in [1.29, 1.82) is 0 Å². The summed E-state index contributed by atoms with van der Waals surface area (Å²) in [6, 6.07) is 0. The van der Waals surface area contributed by atoms with Crippen LogP contribution < -0.4 is 11.4 Å². The van der Waals surface area contributed by atoms with Crippen LogP contribution in [0.2, 0.25) is 18.1 Å². The minimum atomic E-state index is -2.17. The molecular formula is C23H42N4O6Si. The van der Waals surface area contributed by atoms with Gasteiger partial charge < -0.3 is 24.5 Å². The van der Waals surface area contributed by atoms with E-state index in [1.165, 1.54) is 14.0 Å². The average molecular weight is 499 g/mol. The Labute approximate surface area is 203 Å². The second-order valence-corrected chi connectivity index (χ2v) is 16.0. The Kier molecular flexibility index (Phi) is 8.48. The summed E-state index contributed by atoms with van der Waals surface area (Å²) in [6.07, 6.45) is -0.937. The molecule has 34 heavy (non-hydrogen) atoms. The zero-order chi connectivity index (χ0) is 26.1. The van der Waals surface area contributed by atoms with Gasteiger partial charge in [0.05, 0.1) is 31.5 Å². The molecule has 2 rings (SSSR count). The summed E-state index contributed by atoms with van der Waals surface area (Å²) in [6.45, 7) is 18.8. The highest BCUT2D eigenvalue weighted by Crippen LogP contribution is 2.37. The van der Waals surface area contributed by atoms with Crippen LogP contribution in [0.25, 0.3) is 0 Å². The number of hydrogen-bond donors (Lipinski definition) is 1. The number of aromatic nitrogens is 2. The Hall–Kier alpha value is -2.11. The molecule has 0 saturated heterocycles. The third-order valence-electron chi connectivity index (χ3n) is 6.30. The van der Waals surface area contributed by atoms with Crippen LogP contribution in [0.3, 0.4) is 0 Å². The van der Waals surface area contributed by atoms with Gasteiger partial charge in [-0.1, -0.05) is 20.8 Å². The number of nitrogens with two attached hydrogens (primary N) is 1. The number of hydrogen-bond acceptors (Lipinski definition) is 7. The van der Waals surface area contributed by atoms with Gasteiger partial charge in [-0.2, -0.15) is 0 Å². The smallest absolute Gasteiger partial charge is 0.410 e. The zero-order valence-corrected chi connectivity index (χ0v) is 23.2. The maximum atomic E-state index is 13.4. The van der Waals surface area contributed by atoms with Gasteiger partial charge >= 0.3 is 17.8 Å². The van der Waals surface area contributed by atoms with Crippen LogP contribution >= 0.6 is 0 Å². The third kappa shape index (κ3) is 6.31. The first-order chi connectivity index (χ1) is 15.5. The van der Waals surface area contributed by atoms with Gasteiger partial charge in [-0.05, 0) is 45.8 Å². The monoisotopic (exact) mass is 498 g/mol. The quantitative estimate of drug-likeness (QED) is 0.453. The molecule has 0 bridgehead atoms. The van der Waals surface area contributed by atoms with Crippen LogP contribution in [0.5, 0.6) is 0 Å². The van der Waals surface area contributed by atoms with E-state index in [4.69, 9.17) is 19.6 Å². The molecule has 0 radical (unpaired) electrons. The number of carbonyl (C=O) groups is 2. The second kappa shape index (κ2) is 10.2. The van der Waals surface area contributed by atoms with Gasteiger partial charge in [-0.25, -0.2) is 14.4 Å². The molecule has 1 atom stereocenters. The fraction of sp³-hybridized carbons (Fsp3) is 0.783. The number of imidazole rings is 1. The van der Waals surface area contributed by atoms with Crippen molar-refractivity contribution in [1.82, 2.24) is 14.0 Å². The summed E-state index contributed by atoms with van der Waals surface area (Å²) in [5.41, 5.74) is 5.62. The highest BCUT2D eigenvalue weighted by molar-refractivity contribution is 6.74. The van der Waals surface area contributed by atoms with Crippen molar-refractivity contribution >= 4 is 20.4 Å². The van der Waals surface area contributed by atoms with E-state index in [9.17, 15) is 14.4 Å². The van der Waals surface area contributed by atoms with Crippen LogP contribution in [0.1, 0.15) is 64.6 Å². The standard InChI is InChI=1S/C23H42N4O6Si/c1-10-31-19(28)18-17-15-25(21(30)32-22(2,3)4)11-12-26(17)20(29)27(18)14-16(13-24)33-34(8,9)23(5,6)7/h16H,10-15,24H2,1-9H3. The minimum Gasteiger partial charge on any atom is -0.461 e. The Morgan fingerprint density at radius 1 is 1.12 bits per heavy atom. The SMILES string of the molecule is CCOC(=O)c1c2n(c(=O)n1CC(CN)O[Si](C)(C)C(C)(C)C)CCN(C(=O)OC(C)(C)C)C2. The molecule has 0 aliphatic carbocycles. The van der Waals surface area contributed by atoms with Gasteiger partial charge in [0, 0.05) is 19.6 Å². The first-order valence-electron chi connectivity index (χ1n) is 11.9.